The Morgan fingerprint density at radius 3 is 2.48 bits per heavy atom. The Kier molecular flexibility index (Phi) is 3.66. The lowest BCUT2D eigenvalue weighted by molar-refractivity contribution is -0.137. The molecule has 2 N–H and O–H groups in total. The van der Waals surface area contributed by atoms with Gasteiger partial charge in [-0.3, -0.25) is 4.72 Å². The molecule has 10 heteroatoms. The lowest BCUT2D eigenvalue weighted by atomic mass is 10.2. The monoisotopic (exact) mass is 323 g/mol. The number of nitrogens with zero attached hydrogens (tertiary/aromatic N) is 1. The molecule has 0 aliphatic carbocycles. The molecule has 0 amide bonds. The fourth-order valence-corrected chi connectivity index (χ4v) is 2.54. The van der Waals surface area contributed by atoms with E-state index in [0.29, 0.717) is 24.0 Å². The van der Waals surface area contributed by atoms with E-state index in [9.17, 15) is 26.0 Å². The maximum Gasteiger partial charge on any atom is 0.416 e. The summed E-state index contributed by atoms with van der Waals surface area (Å²) in [5, 5.41) is -0.378. The molecule has 0 atom stereocenters. The largest absolute Gasteiger partial charge is 0.416 e. The van der Waals surface area contributed by atoms with Crippen LogP contribution in [0.5, 0.6) is 0 Å². The van der Waals surface area contributed by atoms with E-state index in [0.717, 1.165) is 6.20 Å². The van der Waals surface area contributed by atoms with Gasteiger partial charge in [0.1, 0.15) is 11.6 Å². The van der Waals surface area contributed by atoms with E-state index in [2.05, 4.69) is 9.97 Å². The topological polar surface area (TPSA) is 74.8 Å². The number of nitrogens with one attached hydrogen (secondary N) is 2. The first kappa shape index (κ1) is 15.3. The number of rotatable bonds is 3. The first-order valence-corrected chi connectivity index (χ1v) is 6.99. The number of imidazole rings is 1. The second kappa shape index (κ2) is 5.02. The molecule has 1 aromatic carbocycles. The second-order valence-electron chi connectivity index (χ2n) is 4.13. The predicted molar refractivity (Wildman–Crippen MR) is 65.5 cm³/mol. The summed E-state index contributed by atoms with van der Waals surface area (Å²) in [4.78, 5) is 6.05. The number of H-pyrrole nitrogens is 1. The van der Waals surface area contributed by atoms with Gasteiger partial charge in [0.05, 0.1) is 17.4 Å². The standard InChI is InChI=1S/C11H9F4N3O2S/c1-6-16-5-10(17-6)21(19,20)18-9-4-7(11(13,14)15)2-3-8(9)12/h2-5,18H,1H3,(H,16,17). The molecule has 5 nitrogen and oxygen atoms in total. The lowest BCUT2D eigenvalue weighted by Crippen LogP contribution is -2.15. The molecular formula is C11H9F4N3O2S. The van der Waals surface area contributed by atoms with Gasteiger partial charge in [-0.05, 0) is 25.1 Å². The van der Waals surface area contributed by atoms with Crippen molar-refractivity contribution in [3.8, 4) is 0 Å². The van der Waals surface area contributed by atoms with Crippen molar-refractivity contribution in [3.63, 3.8) is 0 Å². The van der Waals surface area contributed by atoms with E-state index in [1.165, 1.54) is 6.92 Å². The maximum absolute atomic E-state index is 13.5. The van der Waals surface area contributed by atoms with Gasteiger partial charge in [0, 0.05) is 0 Å². The molecule has 1 aromatic heterocycles. The van der Waals surface area contributed by atoms with Crippen molar-refractivity contribution >= 4 is 15.7 Å². The van der Waals surface area contributed by atoms with Gasteiger partial charge in [-0.2, -0.15) is 21.6 Å². The van der Waals surface area contributed by atoms with Crippen LogP contribution in [0, 0.1) is 12.7 Å². The number of benzene rings is 1. The molecular weight excluding hydrogens is 314 g/mol. The SMILES string of the molecule is Cc1ncc(S(=O)(=O)Nc2cc(C(F)(F)F)ccc2F)[nH]1. The molecule has 2 rings (SSSR count). The molecule has 0 fully saturated rings. The molecule has 114 valence electrons. The van der Waals surface area contributed by atoms with Crippen molar-refractivity contribution in [3.05, 3.63) is 41.6 Å². The average Bonchev–Trinajstić information content (AvgIpc) is 2.78. The van der Waals surface area contributed by atoms with Crippen molar-refractivity contribution in [2.24, 2.45) is 0 Å². The Hall–Kier alpha value is -2.10. The minimum atomic E-state index is -4.71. The third kappa shape index (κ3) is 3.32. The van der Waals surface area contributed by atoms with Crippen LogP contribution in [0.3, 0.4) is 0 Å². The van der Waals surface area contributed by atoms with Crippen LogP contribution >= 0.6 is 0 Å². The van der Waals surface area contributed by atoms with E-state index in [4.69, 9.17) is 0 Å². The summed E-state index contributed by atoms with van der Waals surface area (Å²) >= 11 is 0. The van der Waals surface area contributed by atoms with Crippen LogP contribution < -0.4 is 4.72 Å². The fourth-order valence-electron chi connectivity index (χ4n) is 1.51. The highest BCUT2D eigenvalue weighted by molar-refractivity contribution is 7.92. The first-order valence-electron chi connectivity index (χ1n) is 5.51. The van der Waals surface area contributed by atoms with Gasteiger partial charge in [-0.25, -0.2) is 9.37 Å². The highest BCUT2D eigenvalue weighted by Gasteiger charge is 2.31. The number of aromatic amines is 1. The summed E-state index contributed by atoms with van der Waals surface area (Å²) in [6.45, 7) is 1.49. The summed E-state index contributed by atoms with van der Waals surface area (Å²) in [7, 11) is -4.25. The number of sulfonamides is 1. The summed E-state index contributed by atoms with van der Waals surface area (Å²) in [5.41, 5.74) is -1.96. The third-order valence-electron chi connectivity index (χ3n) is 2.51. The summed E-state index contributed by atoms with van der Waals surface area (Å²) in [6, 6.07) is 1.45. The number of anilines is 1. The number of aromatic nitrogens is 2. The zero-order valence-corrected chi connectivity index (χ0v) is 11.3. The lowest BCUT2D eigenvalue weighted by Gasteiger charge is -2.11. The van der Waals surface area contributed by atoms with Crippen molar-refractivity contribution in [1.82, 2.24) is 9.97 Å². The van der Waals surface area contributed by atoms with E-state index in [1.807, 2.05) is 0 Å². The molecule has 1 heterocycles. The molecule has 21 heavy (non-hydrogen) atoms. The van der Waals surface area contributed by atoms with Crippen LogP contribution in [0.4, 0.5) is 23.2 Å². The zero-order valence-electron chi connectivity index (χ0n) is 10.5. The average molecular weight is 323 g/mol. The van der Waals surface area contributed by atoms with Crippen molar-refractivity contribution in [2.45, 2.75) is 18.1 Å². The van der Waals surface area contributed by atoms with E-state index < -0.39 is 33.3 Å². The Morgan fingerprint density at radius 2 is 1.95 bits per heavy atom. The van der Waals surface area contributed by atoms with Crippen LogP contribution in [-0.4, -0.2) is 18.4 Å². The van der Waals surface area contributed by atoms with Gasteiger partial charge in [0.15, 0.2) is 5.03 Å². The first-order chi connectivity index (χ1) is 9.59. The number of halogens is 4. The second-order valence-corrected chi connectivity index (χ2v) is 5.78. The minimum absolute atomic E-state index is 0.292. The molecule has 0 radical (unpaired) electrons. The van der Waals surface area contributed by atoms with Crippen LogP contribution in [0.2, 0.25) is 0 Å². The van der Waals surface area contributed by atoms with Gasteiger partial charge in [0.2, 0.25) is 0 Å². The Balaban J connectivity index is 2.39. The molecule has 0 spiro atoms. The number of aryl methyl sites for hydroxylation is 1. The van der Waals surface area contributed by atoms with Gasteiger partial charge >= 0.3 is 6.18 Å². The maximum atomic E-state index is 13.5. The van der Waals surface area contributed by atoms with Gasteiger partial charge in [0.25, 0.3) is 10.0 Å². The summed E-state index contributed by atoms with van der Waals surface area (Å²) in [5.74, 6) is -0.831. The molecule has 0 bridgehead atoms. The van der Waals surface area contributed by atoms with Crippen LogP contribution in [0.15, 0.2) is 29.4 Å². The molecule has 2 aromatic rings. The van der Waals surface area contributed by atoms with Crippen LogP contribution in [-0.2, 0) is 16.2 Å². The van der Waals surface area contributed by atoms with Gasteiger partial charge in [-0.1, -0.05) is 0 Å². The Morgan fingerprint density at radius 1 is 1.29 bits per heavy atom. The fraction of sp³-hybridized carbons (Fsp3) is 0.182. The van der Waals surface area contributed by atoms with Crippen molar-refractivity contribution in [1.29, 1.82) is 0 Å². The predicted octanol–water partition coefficient (Wildman–Crippen LogP) is 2.68. The van der Waals surface area contributed by atoms with Crippen molar-refractivity contribution < 1.29 is 26.0 Å². The third-order valence-corrected chi connectivity index (χ3v) is 3.78. The quantitative estimate of drug-likeness (QED) is 0.853. The molecule has 0 saturated heterocycles. The molecule has 0 unspecified atom stereocenters. The number of alkyl halides is 3. The Bertz CT molecular complexity index is 768. The highest BCUT2D eigenvalue weighted by atomic mass is 32.2. The van der Waals surface area contributed by atoms with Crippen LogP contribution in [0.1, 0.15) is 11.4 Å². The number of hydrogen-bond acceptors (Lipinski definition) is 3. The summed E-state index contributed by atoms with van der Waals surface area (Å²) in [6.07, 6.45) is -3.73. The molecule has 0 saturated carbocycles. The van der Waals surface area contributed by atoms with E-state index in [1.54, 1.807) is 4.72 Å². The Labute approximate surface area is 117 Å². The molecule has 0 aliphatic heterocycles. The van der Waals surface area contributed by atoms with E-state index in [-0.39, 0.29) is 5.03 Å². The highest BCUT2D eigenvalue weighted by Crippen LogP contribution is 2.32. The minimum Gasteiger partial charge on any atom is -0.332 e. The van der Waals surface area contributed by atoms with Gasteiger partial charge in [-0.15, -0.1) is 0 Å². The van der Waals surface area contributed by atoms with E-state index >= 15 is 0 Å². The normalized spacial score (nSPS) is 12.4. The van der Waals surface area contributed by atoms with Crippen LogP contribution in [0.25, 0.3) is 0 Å². The molecule has 0 aliphatic rings. The zero-order chi connectivity index (χ0) is 15.8. The number of hydrogen-bond donors (Lipinski definition) is 2. The van der Waals surface area contributed by atoms with Crippen molar-refractivity contribution in [2.75, 3.05) is 4.72 Å². The van der Waals surface area contributed by atoms with Gasteiger partial charge < -0.3 is 4.98 Å². The smallest absolute Gasteiger partial charge is 0.332 e. The summed E-state index contributed by atoms with van der Waals surface area (Å²) < 4.78 is 76.7.